The van der Waals surface area contributed by atoms with Crippen LogP contribution in [0.3, 0.4) is 0 Å². The molecule has 1 aromatic heterocycles. The maximum absolute atomic E-state index is 11.7. The molecular weight excluding hydrogens is 292 g/mol. The van der Waals surface area contributed by atoms with Crippen LogP contribution in [0.4, 0.5) is 10.7 Å². The van der Waals surface area contributed by atoms with Crippen molar-refractivity contribution in [3.63, 3.8) is 0 Å². The Labute approximate surface area is 127 Å². The average molecular weight is 312 g/mol. The van der Waals surface area contributed by atoms with Crippen LogP contribution in [0.1, 0.15) is 32.9 Å². The Bertz CT molecular complexity index is 550. The van der Waals surface area contributed by atoms with Gasteiger partial charge in [0.25, 0.3) is 5.91 Å². The molecule has 7 nitrogen and oxygen atoms in total. The number of nitrogen functional groups attached to an aromatic ring is 1. The summed E-state index contributed by atoms with van der Waals surface area (Å²) in [5, 5.41) is 3.85. The quantitative estimate of drug-likeness (QED) is 0.707. The van der Waals surface area contributed by atoms with E-state index < -0.39 is 11.9 Å². The third-order valence-corrected chi connectivity index (χ3v) is 4.73. The van der Waals surface area contributed by atoms with Gasteiger partial charge in [0.1, 0.15) is 9.88 Å². The monoisotopic (exact) mass is 312 g/mol. The Morgan fingerprint density at radius 1 is 1.38 bits per heavy atom. The van der Waals surface area contributed by atoms with Gasteiger partial charge in [-0.2, -0.15) is 0 Å². The van der Waals surface area contributed by atoms with Crippen molar-refractivity contribution in [2.75, 3.05) is 38.3 Å². The van der Waals surface area contributed by atoms with Gasteiger partial charge in [-0.25, -0.2) is 4.79 Å². The van der Waals surface area contributed by atoms with E-state index in [0.29, 0.717) is 5.00 Å². The van der Waals surface area contributed by atoms with Crippen molar-refractivity contribution in [3.8, 4) is 0 Å². The average Bonchev–Trinajstić information content (AvgIpc) is 2.77. The van der Waals surface area contributed by atoms with E-state index in [2.05, 4.69) is 22.0 Å². The van der Waals surface area contributed by atoms with Gasteiger partial charge in [-0.3, -0.25) is 4.79 Å². The summed E-state index contributed by atoms with van der Waals surface area (Å²) in [4.78, 5) is 25.7. The maximum atomic E-state index is 11.7. The number of hydrogen-bond donors (Lipinski definition) is 3. The van der Waals surface area contributed by atoms with Crippen LogP contribution in [0.15, 0.2) is 0 Å². The number of hydrogen-bond acceptors (Lipinski definition) is 7. The molecule has 5 N–H and O–H groups in total. The van der Waals surface area contributed by atoms with Gasteiger partial charge >= 0.3 is 5.97 Å². The third kappa shape index (κ3) is 3.27. The van der Waals surface area contributed by atoms with Crippen LogP contribution in [0.5, 0.6) is 0 Å². The number of anilines is 2. The van der Waals surface area contributed by atoms with Crippen molar-refractivity contribution in [1.29, 1.82) is 0 Å². The molecule has 1 fully saturated rings. The second-order valence-corrected chi connectivity index (χ2v) is 6.15. The van der Waals surface area contributed by atoms with Gasteiger partial charge in [-0.1, -0.05) is 0 Å². The van der Waals surface area contributed by atoms with Crippen molar-refractivity contribution in [3.05, 3.63) is 10.4 Å². The number of carbonyl (C=O) groups excluding carboxylic acids is 2. The van der Waals surface area contributed by atoms with Crippen LogP contribution in [0.25, 0.3) is 0 Å². The Morgan fingerprint density at radius 2 is 2.00 bits per heavy atom. The van der Waals surface area contributed by atoms with E-state index in [-0.39, 0.29) is 22.2 Å². The lowest BCUT2D eigenvalue weighted by Crippen LogP contribution is -2.36. The zero-order chi connectivity index (χ0) is 15.6. The van der Waals surface area contributed by atoms with Gasteiger partial charge in [0.05, 0.1) is 18.4 Å². The molecule has 0 bridgehead atoms. The molecule has 1 aliphatic heterocycles. The fourth-order valence-electron chi connectivity index (χ4n) is 2.37. The molecule has 1 aromatic rings. The minimum atomic E-state index is -0.644. The lowest BCUT2D eigenvalue weighted by Gasteiger charge is -2.29. The van der Waals surface area contributed by atoms with Gasteiger partial charge < -0.3 is 26.4 Å². The van der Waals surface area contributed by atoms with Gasteiger partial charge in [0.15, 0.2) is 0 Å². The Kier molecular flexibility index (Phi) is 4.69. The van der Waals surface area contributed by atoms with E-state index in [1.807, 2.05) is 0 Å². The van der Waals surface area contributed by atoms with Crippen LogP contribution in [0.2, 0.25) is 0 Å². The molecular formula is C13H20N4O3S. The maximum Gasteiger partial charge on any atom is 0.350 e. The van der Waals surface area contributed by atoms with E-state index in [1.54, 1.807) is 0 Å². The topological polar surface area (TPSA) is 111 Å². The summed E-state index contributed by atoms with van der Waals surface area (Å²) in [6, 6.07) is 0.239. The number of nitrogens with zero attached hydrogens (tertiary/aromatic N) is 1. The van der Waals surface area contributed by atoms with E-state index in [9.17, 15) is 9.59 Å². The minimum absolute atomic E-state index is 0.0924. The number of methoxy groups -OCH3 is 1. The van der Waals surface area contributed by atoms with Crippen molar-refractivity contribution in [2.24, 2.45) is 5.73 Å². The van der Waals surface area contributed by atoms with Crippen LogP contribution >= 0.6 is 11.3 Å². The lowest BCUT2D eigenvalue weighted by atomic mass is 10.1. The first kappa shape index (κ1) is 15.6. The summed E-state index contributed by atoms with van der Waals surface area (Å²) in [6.45, 7) is 1.96. The summed E-state index contributed by atoms with van der Waals surface area (Å²) < 4.78 is 4.67. The third-order valence-electron chi connectivity index (χ3n) is 3.62. The zero-order valence-electron chi connectivity index (χ0n) is 12.1. The number of piperidine rings is 1. The van der Waals surface area contributed by atoms with Crippen molar-refractivity contribution in [1.82, 2.24) is 4.90 Å². The standard InChI is InChI=1S/C13H20N4O3S/c1-17-5-3-7(4-6-17)16-12-8(11(15)18)9(14)10(21-12)13(19)20-2/h7,16H,3-6,14H2,1-2H3,(H2,15,18). The fourth-order valence-corrected chi connectivity index (χ4v) is 3.49. The molecule has 2 heterocycles. The molecule has 0 spiro atoms. The van der Waals surface area contributed by atoms with Crippen molar-refractivity contribution in [2.45, 2.75) is 18.9 Å². The number of amides is 1. The molecule has 0 aromatic carbocycles. The number of ether oxygens (including phenoxy) is 1. The van der Waals surface area contributed by atoms with Crippen molar-refractivity contribution >= 4 is 33.9 Å². The smallest absolute Gasteiger partial charge is 0.350 e. The summed E-state index contributed by atoms with van der Waals surface area (Å²) >= 11 is 1.12. The molecule has 1 aliphatic rings. The van der Waals surface area contributed by atoms with Gasteiger partial charge in [-0.15, -0.1) is 11.3 Å². The van der Waals surface area contributed by atoms with E-state index in [4.69, 9.17) is 11.5 Å². The van der Waals surface area contributed by atoms with Crippen LogP contribution < -0.4 is 16.8 Å². The fraction of sp³-hybridized carbons (Fsp3) is 0.538. The highest BCUT2D eigenvalue weighted by atomic mass is 32.1. The first-order chi connectivity index (χ1) is 9.93. The lowest BCUT2D eigenvalue weighted by molar-refractivity contribution is 0.0607. The second kappa shape index (κ2) is 6.31. The molecule has 8 heteroatoms. The number of carbonyl (C=O) groups is 2. The molecule has 0 aliphatic carbocycles. The van der Waals surface area contributed by atoms with Gasteiger partial charge in [0.2, 0.25) is 0 Å². The predicted octanol–water partition coefficient (Wildman–Crippen LogP) is 0.722. The van der Waals surface area contributed by atoms with E-state index in [0.717, 1.165) is 37.3 Å². The second-order valence-electron chi connectivity index (χ2n) is 5.13. The molecule has 2 rings (SSSR count). The molecule has 0 atom stereocenters. The summed E-state index contributed by atoms with van der Waals surface area (Å²) in [5.74, 6) is -1.20. The molecule has 116 valence electrons. The number of likely N-dealkylation sites (tertiary alicyclic amines) is 1. The molecule has 21 heavy (non-hydrogen) atoms. The summed E-state index contributed by atoms with van der Waals surface area (Å²) in [5.41, 5.74) is 11.5. The molecule has 0 radical (unpaired) electrons. The van der Waals surface area contributed by atoms with Gasteiger partial charge in [0, 0.05) is 6.04 Å². The van der Waals surface area contributed by atoms with Crippen molar-refractivity contribution < 1.29 is 14.3 Å². The molecule has 0 unspecified atom stereocenters. The number of primary amides is 1. The first-order valence-electron chi connectivity index (χ1n) is 6.69. The molecule has 0 saturated carbocycles. The summed E-state index contributed by atoms with van der Waals surface area (Å²) in [7, 11) is 3.35. The number of rotatable bonds is 4. The molecule has 1 saturated heterocycles. The number of nitrogens with two attached hydrogens (primary N) is 2. The first-order valence-corrected chi connectivity index (χ1v) is 7.51. The van der Waals surface area contributed by atoms with Gasteiger partial charge in [-0.05, 0) is 33.0 Å². The van der Waals surface area contributed by atoms with Crippen LogP contribution in [0, 0.1) is 0 Å². The predicted molar refractivity (Wildman–Crippen MR) is 82.7 cm³/mol. The Hall–Kier alpha value is -1.80. The van der Waals surface area contributed by atoms with Crippen LogP contribution in [-0.2, 0) is 4.74 Å². The SMILES string of the molecule is COC(=O)c1sc(NC2CCN(C)CC2)c(C(N)=O)c1N. The molecule has 1 amide bonds. The zero-order valence-corrected chi connectivity index (χ0v) is 13.0. The highest BCUT2D eigenvalue weighted by Crippen LogP contribution is 2.37. The Balaban J connectivity index is 2.25. The normalized spacial score (nSPS) is 16.7. The highest BCUT2D eigenvalue weighted by Gasteiger charge is 2.27. The number of nitrogens with one attached hydrogen (secondary N) is 1. The minimum Gasteiger partial charge on any atom is -0.465 e. The van der Waals surface area contributed by atoms with E-state index in [1.165, 1.54) is 7.11 Å². The number of thiophene rings is 1. The van der Waals surface area contributed by atoms with E-state index >= 15 is 0 Å². The highest BCUT2D eigenvalue weighted by molar-refractivity contribution is 7.19. The summed E-state index contributed by atoms with van der Waals surface area (Å²) in [6.07, 6.45) is 1.92. The number of esters is 1. The van der Waals surface area contributed by atoms with Crippen LogP contribution in [-0.4, -0.2) is 50.1 Å². The largest absolute Gasteiger partial charge is 0.465 e. The Morgan fingerprint density at radius 3 is 2.52 bits per heavy atom.